The van der Waals surface area contributed by atoms with Crippen molar-refractivity contribution < 1.29 is 4.79 Å². The van der Waals surface area contributed by atoms with Gasteiger partial charge in [-0.25, -0.2) is 4.79 Å². The highest BCUT2D eigenvalue weighted by molar-refractivity contribution is 5.75. The number of urea groups is 1. The monoisotopic (exact) mass is 184 g/mol. The zero-order chi connectivity index (χ0) is 10.1. The summed E-state index contributed by atoms with van der Waals surface area (Å²) in [5, 5.41) is 5.85. The smallest absolute Gasteiger partial charge is 0.315 e. The third kappa shape index (κ3) is 3.66. The molecule has 1 saturated carbocycles. The van der Waals surface area contributed by atoms with Gasteiger partial charge in [-0.15, -0.1) is 0 Å². The molecule has 76 valence electrons. The first-order chi connectivity index (χ1) is 5.92. The lowest BCUT2D eigenvalue weighted by Crippen LogP contribution is -2.47. The SMILES string of the molecule is CCC1CC1NC(=O)NC(C)(C)C. The van der Waals surface area contributed by atoms with Crippen LogP contribution in [0.25, 0.3) is 0 Å². The van der Waals surface area contributed by atoms with Gasteiger partial charge in [0.05, 0.1) is 0 Å². The predicted octanol–water partition coefficient (Wildman–Crippen LogP) is 1.88. The van der Waals surface area contributed by atoms with Gasteiger partial charge in [0.25, 0.3) is 0 Å². The highest BCUT2D eigenvalue weighted by Crippen LogP contribution is 2.32. The summed E-state index contributed by atoms with van der Waals surface area (Å²) in [7, 11) is 0. The number of rotatable bonds is 2. The molecular formula is C10H20N2O. The number of amides is 2. The van der Waals surface area contributed by atoms with E-state index in [4.69, 9.17) is 0 Å². The van der Waals surface area contributed by atoms with Crippen LogP contribution in [0, 0.1) is 5.92 Å². The van der Waals surface area contributed by atoms with Gasteiger partial charge in [0.15, 0.2) is 0 Å². The van der Waals surface area contributed by atoms with E-state index in [1.807, 2.05) is 20.8 Å². The summed E-state index contributed by atoms with van der Waals surface area (Å²) in [5.74, 6) is 0.714. The van der Waals surface area contributed by atoms with Gasteiger partial charge in [-0.3, -0.25) is 0 Å². The molecule has 1 fully saturated rings. The molecule has 2 atom stereocenters. The zero-order valence-electron chi connectivity index (χ0n) is 8.98. The van der Waals surface area contributed by atoms with Crippen LogP contribution in [0.4, 0.5) is 4.79 Å². The Morgan fingerprint density at radius 3 is 2.46 bits per heavy atom. The van der Waals surface area contributed by atoms with Gasteiger partial charge in [0.2, 0.25) is 0 Å². The Kier molecular flexibility index (Phi) is 2.84. The highest BCUT2D eigenvalue weighted by Gasteiger charge is 2.36. The Bertz CT molecular complexity index is 196. The summed E-state index contributed by atoms with van der Waals surface area (Å²) < 4.78 is 0. The molecule has 13 heavy (non-hydrogen) atoms. The molecule has 0 radical (unpaired) electrons. The molecule has 0 aromatic carbocycles. The van der Waals surface area contributed by atoms with Crippen LogP contribution in [0.1, 0.15) is 40.5 Å². The molecule has 0 heterocycles. The van der Waals surface area contributed by atoms with Crippen LogP contribution in [0.2, 0.25) is 0 Å². The van der Waals surface area contributed by atoms with Crippen LogP contribution >= 0.6 is 0 Å². The van der Waals surface area contributed by atoms with E-state index in [9.17, 15) is 4.79 Å². The second kappa shape index (κ2) is 3.56. The molecule has 1 aliphatic carbocycles. The van der Waals surface area contributed by atoms with E-state index in [1.54, 1.807) is 0 Å². The van der Waals surface area contributed by atoms with Gasteiger partial charge < -0.3 is 10.6 Å². The maximum absolute atomic E-state index is 11.3. The van der Waals surface area contributed by atoms with Crippen LogP contribution in [0.15, 0.2) is 0 Å². The first kappa shape index (κ1) is 10.4. The second-order valence-electron chi connectivity index (χ2n) is 4.86. The van der Waals surface area contributed by atoms with Crippen LogP contribution in [0.5, 0.6) is 0 Å². The predicted molar refractivity (Wildman–Crippen MR) is 53.6 cm³/mol. The van der Waals surface area contributed by atoms with Crippen molar-refractivity contribution in [1.82, 2.24) is 10.6 Å². The lowest BCUT2D eigenvalue weighted by atomic mass is 10.1. The molecule has 2 amide bonds. The summed E-state index contributed by atoms with van der Waals surface area (Å²) in [6.45, 7) is 8.11. The largest absolute Gasteiger partial charge is 0.335 e. The van der Waals surface area contributed by atoms with E-state index in [2.05, 4.69) is 17.6 Å². The van der Waals surface area contributed by atoms with Crippen molar-refractivity contribution in [2.24, 2.45) is 5.92 Å². The molecule has 2 N–H and O–H groups in total. The van der Waals surface area contributed by atoms with Crippen LogP contribution in [-0.4, -0.2) is 17.6 Å². The highest BCUT2D eigenvalue weighted by atomic mass is 16.2. The van der Waals surface area contributed by atoms with E-state index in [-0.39, 0.29) is 11.6 Å². The van der Waals surface area contributed by atoms with Crippen molar-refractivity contribution in [2.45, 2.75) is 52.1 Å². The molecule has 1 rings (SSSR count). The number of hydrogen-bond donors (Lipinski definition) is 2. The first-order valence-corrected chi connectivity index (χ1v) is 5.01. The van der Waals surface area contributed by atoms with E-state index in [0.717, 1.165) is 6.42 Å². The average Bonchev–Trinajstić information content (AvgIpc) is 2.62. The molecule has 0 aromatic heterocycles. The molecular weight excluding hydrogens is 164 g/mol. The van der Waals surface area contributed by atoms with Crippen molar-refractivity contribution in [3.63, 3.8) is 0 Å². The molecule has 0 saturated heterocycles. The third-order valence-corrected chi connectivity index (χ3v) is 2.25. The number of hydrogen-bond acceptors (Lipinski definition) is 1. The summed E-state index contributed by atoms with van der Waals surface area (Å²) in [6, 6.07) is 0.390. The van der Waals surface area contributed by atoms with Gasteiger partial charge in [0.1, 0.15) is 0 Å². The molecule has 0 aliphatic heterocycles. The van der Waals surface area contributed by atoms with E-state index < -0.39 is 0 Å². The number of nitrogens with one attached hydrogen (secondary N) is 2. The van der Waals surface area contributed by atoms with Crippen molar-refractivity contribution >= 4 is 6.03 Å². The van der Waals surface area contributed by atoms with Crippen molar-refractivity contribution in [3.8, 4) is 0 Å². The minimum absolute atomic E-state index is 0.0338. The van der Waals surface area contributed by atoms with Gasteiger partial charge in [-0.2, -0.15) is 0 Å². The van der Waals surface area contributed by atoms with Gasteiger partial charge in [0, 0.05) is 11.6 Å². The Hall–Kier alpha value is -0.730. The fourth-order valence-corrected chi connectivity index (χ4v) is 1.42. The molecule has 0 spiro atoms. The lowest BCUT2D eigenvalue weighted by Gasteiger charge is -2.20. The number of carbonyl (C=O) groups is 1. The van der Waals surface area contributed by atoms with E-state index in [0.29, 0.717) is 12.0 Å². The minimum atomic E-state index is -0.138. The Labute approximate surface area is 80.3 Å². The fraction of sp³-hybridized carbons (Fsp3) is 0.900. The lowest BCUT2D eigenvalue weighted by molar-refractivity contribution is 0.231. The van der Waals surface area contributed by atoms with Crippen LogP contribution in [0.3, 0.4) is 0 Å². The standard InChI is InChI=1S/C10H20N2O/c1-5-7-6-8(7)11-9(13)12-10(2,3)4/h7-8H,5-6H2,1-4H3,(H2,11,12,13). The molecule has 0 aromatic rings. The topological polar surface area (TPSA) is 41.1 Å². The first-order valence-electron chi connectivity index (χ1n) is 5.01. The molecule has 3 heteroatoms. The van der Waals surface area contributed by atoms with Crippen molar-refractivity contribution in [3.05, 3.63) is 0 Å². The second-order valence-corrected chi connectivity index (χ2v) is 4.86. The van der Waals surface area contributed by atoms with Crippen LogP contribution < -0.4 is 10.6 Å². The fourth-order valence-electron chi connectivity index (χ4n) is 1.42. The van der Waals surface area contributed by atoms with E-state index in [1.165, 1.54) is 6.42 Å². The number of carbonyl (C=O) groups excluding carboxylic acids is 1. The minimum Gasteiger partial charge on any atom is -0.335 e. The zero-order valence-corrected chi connectivity index (χ0v) is 8.98. The normalized spacial score (nSPS) is 26.8. The van der Waals surface area contributed by atoms with E-state index >= 15 is 0 Å². The maximum Gasteiger partial charge on any atom is 0.315 e. The summed E-state index contributed by atoms with van der Waals surface area (Å²) >= 11 is 0. The van der Waals surface area contributed by atoms with Gasteiger partial charge in [-0.05, 0) is 33.1 Å². The molecule has 2 unspecified atom stereocenters. The van der Waals surface area contributed by atoms with Crippen molar-refractivity contribution in [2.75, 3.05) is 0 Å². The Morgan fingerprint density at radius 1 is 1.46 bits per heavy atom. The summed E-state index contributed by atoms with van der Waals surface area (Å²) in [4.78, 5) is 11.3. The Morgan fingerprint density at radius 2 is 2.08 bits per heavy atom. The summed E-state index contributed by atoms with van der Waals surface area (Å²) in [6.07, 6.45) is 2.31. The van der Waals surface area contributed by atoms with Gasteiger partial charge >= 0.3 is 6.03 Å². The average molecular weight is 184 g/mol. The van der Waals surface area contributed by atoms with Crippen molar-refractivity contribution in [1.29, 1.82) is 0 Å². The van der Waals surface area contributed by atoms with Crippen LogP contribution in [-0.2, 0) is 0 Å². The summed E-state index contributed by atoms with van der Waals surface area (Å²) in [5.41, 5.74) is -0.138. The molecule has 1 aliphatic rings. The Balaban J connectivity index is 2.20. The third-order valence-electron chi connectivity index (χ3n) is 2.25. The molecule has 0 bridgehead atoms. The maximum atomic E-state index is 11.3. The quantitative estimate of drug-likeness (QED) is 0.676. The molecule has 3 nitrogen and oxygen atoms in total. The van der Waals surface area contributed by atoms with Gasteiger partial charge in [-0.1, -0.05) is 13.3 Å².